The number of nitrogens with zero attached hydrogens (tertiary/aromatic N) is 3. The van der Waals surface area contributed by atoms with Crippen molar-refractivity contribution in [3.8, 4) is 0 Å². The summed E-state index contributed by atoms with van der Waals surface area (Å²) in [4.78, 5) is 13.4. The number of hydrogen-bond acceptors (Lipinski definition) is 5. The third-order valence-electron chi connectivity index (χ3n) is 3.83. The van der Waals surface area contributed by atoms with Gasteiger partial charge in [-0.3, -0.25) is 0 Å². The zero-order chi connectivity index (χ0) is 15.4. The van der Waals surface area contributed by atoms with Crippen LogP contribution in [0.5, 0.6) is 0 Å². The van der Waals surface area contributed by atoms with Gasteiger partial charge >= 0.3 is 6.09 Å². The van der Waals surface area contributed by atoms with Gasteiger partial charge in [0.05, 0.1) is 6.61 Å². The summed E-state index contributed by atoms with van der Waals surface area (Å²) < 4.78 is 5.01. The maximum absolute atomic E-state index is 11.6. The van der Waals surface area contributed by atoms with Gasteiger partial charge < -0.3 is 15.0 Å². The first-order chi connectivity index (χ1) is 10.0. The van der Waals surface area contributed by atoms with Gasteiger partial charge in [-0.05, 0) is 44.7 Å². The van der Waals surface area contributed by atoms with E-state index in [1.807, 2.05) is 20.8 Å². The molecule has 0 saturated carbocycles. The average Bonchev–Trinajstić information content (AvgIpc) is 2.49. The molecule has 2 heterocycles. The molecule has 21 heavy (non-hydrogen) atoms. The van der Waals surface area contributed by atoms with E-state index in [-0.39, 0.29) is 12.1 Å². The molecule has 1 aliphatic heterocycles. The van der Waals surface area contributed by atoms with Crippen molar-refractivity contribution in [3.05, 3.63) is 16.3 Å². The van der Waals surface area contributed by atoms with Crippen LogP contribution in [0.15, 0.2) is 0 Å². The number of carbonyl (C=O) groups is 1. The van der Waals surface area contributed by atoms with Gasteiger partial charge in [0.25, 0.3) is 0 Å². The van der Waals surface area contributed by atoms with Gasteiger partial charge in [-0.25, -0.2) is 4.79 Å². The maximum Gasteiger partial charge on any atom is 0.409 e. The second kappa shape index (κ2) is 6.93. The molecular weight excluding hydrogens is 292 g/mol. The highest BCUT2D eigenvalue weighted by molar-refractivity contribution is 6.30. The van der Waals surface area contributed by atoms with Crippen molar-refractivity contribution in [2.24, 2.45) is 0 Å². The fraction of sp³-hybridized carbons (Fsp3) is 0.643. The Balaban J connectivity index is 1.92. The Morgan fingerprint density at radius 2 is 2.00 bits per heavy atom. The van der Waals surface area contributed by atoms with Crippen molar-refractivity contribution in [2.45, 2.75) is 39.7 Å². The maximum atomic E-state index is 11.6. The highest BCUT2D eigenvalue weighted by atomic mass is 35.5. The van der Waals surface area contributed by atoms with E-state index >= 15 is 0 Å². The summed E-state index contributed by atoms with van der Waals surface area (Å²) in [7, 11) is 0. The van der Waals surface area contributed by atoms with E-state index in [2.05, 4.69) is 15.5 Å². The summed E-state index contributed by atoms with van der Waals surface area (Å²) in [6, 6.07) is 0.282. The molecule has 0 unspecified atom stereocenters. The predicted octanol–water partition coefficient (Wildman–Crippen LogP) is 2.78. The normalized spacial score (nSPS) is 15.9. The summed E-state index contributed by atoms with van der Waals surface area (Å²) >= 11 is 5.95. The Morgan fingerprint density at radius 3 is 2.62 bits per heavy atom. The van der Waals surface area contributed by atoms with E-state index in [0.29, 0.717) is 24.8 Å². The number of carbonyl (C=O) groups excluding carboxylic acids is 1. The molecule has 2 rings (SSSR count). The molecule has 1 aromatic rings. The Kier molecular flexibility index (Phi) is 5.22. The van der Waals surface area contributed by atoms with E-state index in [1.54, 1.807) is 4.90 Å². The molecule has 6 nitrogen and oxygen atoms in total. The minimum absolute atomic E-state index is 0.228. The Morgan fingerprint density at radius 1 is 1.33 bits per heavy atom. The topological polar surface area (TPSA) is 67.3 Å². The van der Waals surface area contributed by atoms with Crippen molar-refractivity contribution < 1.29 is 9.53 Å². The van der Waals surface area contributed by atoms with Crippen LogP contribution < -0.4 is 5.32 Å². The third kappa shape index (κ3) is 3.75. The molecule has 0 bridgehead atoms. The molecule has 0 atom stereocenters. The number of piperidine rings is 1. The van der Waals surface area contributed by atoms with Crippen LogP contribution in [0.1, 0.15) is 30.9 Å². The second-order valence-electron chi connectivity index (χ2n) is 5.19. The van der Waals surface area contributed by atoms with Crippen LogP contribution in [0.3, 0.4) is 0 Å². The predicted molar refractivity (Wildman–Crippen MR) is 81.8 cm³/mol. The third-order valence-corrected chi connectivity index (χ3v) is 4.19. The number of aromatic nitrogens is 2. The van der Waals surface area contributed by atoms with Crippen LogP contribution in [0, 0.1) is 13.8 Å². The fourth-order valence-electron chi connectivity index (χ4n) is 2.33. The average molecular weight is 313 g/mol. The van der Waals surface area contributed by atoms with E-state index in [9.17, 15) is 4.79 Å². The van der Waals surface area contributed by atoms with Crippen molar-refractivity contribution in [2.75, 3.05) is 25.0 Å². The Bertz CT molecular complexity index is 516. The van der Waals surface area contributed by atoms with Gasteiger partial charge in [-0.15, -0.1) is 10.2 Å². The molecular formula is C14H21ClN4O2. The largest absolute Gasteiger partial charge is 0.450 e. The van der Waals surface area contributed by atoms with Gasteiger partial charge in [-0.2, -0.15) is 0 Å². The quantitative estimate of drug-likeness (QED) is 0.929. The molecule has 0 radical (unpaired) electrons. The summed E-state index contributed by atoms with van der Waals surface area (Å²) in [5.74, 6) is 0.770. The summed E-state index contributed by atoms with van der Waals surface area (Å²) in [5.41, 5.74) is 1.96. The summed E-state index contributed by atoms with van der Waals surface area (Å²) in [6.07, 6.45) is 1.50. The zero-order valence-electron chi connectivity index (χ0n) is 12.6. The smallest absolute Gasteiger partial charge is 0.409 e. The minimum atomic E-state index is -0.228. The van der Waals surface area contributed by atoms with E-state index in [1.165, 1.54) is 0 Å². The molecule has 1 saturated heterocycles. The fourth-order valence-corrected chi connectivity index (χ4v) is 2.51. The molecule has 1 N–H and O–H groups in total. The lowest BCUT2D eigenvalue weighted by molar-refractivity contribution is 0.0983. The van der Waals surface area contributed by atoms with Crippen molar-refractivity contribution in [1.29, 1.82) is 0 Å². The van der Waals surface area contributed by atoms with E-state index in [0.717, 1.165) is 29.8 Å². The number of ether oxygens (including phenoxy) is 1. The molecule has 1 amide bonds. The highest BCUT2D eigenvalue weighted by Crippen LogP contribution is 2.23. The highest BCUT2D eigenvalue weighted by Gasteiger charge is 2.24. The molecule has 1 aromatic heterocycles. The molecule has 7 heteroatoms. The van der Waals surface area contributed by atoms with E-state index in [4.69, 9.17) is 16.3 Å². The number of hydrogen-bond donors (Lipinski definition) is 1. The second-order valence-corrected chi connectivity index (χ2v) is 5.55. The standard InChI is InChI=1S/C14H21ClN4O2/c1-4-21-14(20)19-7-5-11(6-8-19)16-13-10(3)9(2)12(15)17-18-13/h11H,4-8H2,1-3H3,(H,16,18). The van der Waals surface area contributed by atoms with Gasteiger partial charge in [-0.1, -0.05) is 11.6 Å². The van der Waals surface area contributed by atoms with Crippen molar-refractivity contribution in [3.63, 3.8) is 0 Å². The molecule has 116 valence electrons. The van der Waals surface area contributed by atoms with Gasteiger partial charge in [0.15, 0.2) is 11.0 Å². The van der Waals surface area contributed by atoms with Gasteiger partial charge in [0, 0.05) is 19.1 Å². The monoisotopic (exact) mass is 312 g/mol. The van der Waals surface area contributed by atoms with E-state index < -0.39 is 0 Å². The van der Waals surface area contributed by atoms with Crippen LogP contribution in [-0.4, -0.2) is 46.9 Å². The number of amides is 1. The zero-order valence-corrected chi connectivity index (χ0v) is 13.4. The number of nitrogens with one attached hydrogen (secondary N) is 1. The SMILES string of the molecule is CCOC(=O)N1CCC(Nc2nnc(Cl)c(C)c2C)CC1. The summed E-state index contributed by atoms with van der Waals surface area (Å²) in [6.45, 7) is 7.52. The first-order valence-corrected chi connectivity index (χ1v) is 7.58. The number of rotatable bonds is 3. The van der Waals surface area contributed by atoms with Crippen LogP contribution in [0.2, 0.25) is 5.15 Å². The van der Waals surface area contributed by atoms with Crippen molar-refractivity contribution in [1.82, 2.24) is 15.1 Å². The summed E-state index contributed by atoms with van der Waals surface area (Å²) in [5, 5.41) is 11.9. The Hall–Kier alpha value is -1.56. The van der Waals surface area contributed by atoms with Gasteiger partial charge in [0.2, 0.25) is 0 Å². The molecule has 1 aliphatic rings. The Labute approximate surface area is 129 Å². The molecule has 0 aliphatic carbocycles. The lowest BCUT2D eigenvalue weighted by atomic mass is 10.0. The number of anilines is 1. The minimum Gasteiger partial charge on any atom is -0.450 e. The first kappa shape index (κ1) is 15.8. The van der Waals surface area contributed by atoms with Crippen molar-refractivity contribution >= 4 is 23.5 Å². The molecule has 0 spiro atoms. The number of likely N-dealkylation sites (tertiary alicyclic amines) is 1. The van der Waals surface area contributed by atoms with Crippen LogP contribution >= 0.6 is 11.6 Å². The molecule has 0 aromatic carbocycles. The van der Waals surface area contributed by atoms with Crippen LogP contribution in [0.25, 0.3) is 0 Å². The molecule has 1 fully saturated rings. The van der Waals surface area contributed by atoms with Crippen LogP contribution in [-0.2, 0) is 4.74 Å². The van der Waals surface area contributed by atoms with Crippen LogP contribution in [0.4, 0.5) is 10.6 Å². The van der Waals surface area contributed by atoms with Gasteiger partial charge in [0.1, 0.15) is 0 Å². The lowest BCUT2D eigenvalue weighted by Gasteiger charge is -2.32. The lowest BCUT2D eigenvalue weighted by Crippen LogP contribution is -2.42. The number of halogens is 1. The first-order valence-electron chi connectivity index (χ1n) is 7.20.